The molecule has 2 aromatic rings. The van der Waals surface area contributed by atoms with Crippen LogP contribution in [0.25, 0.3) is 0 Å². The first-order valence-corrected chi connectivity index (χ1v) is 6.81. The van der Waals surface area contributed by atoms with Crippen LogP contribution >= 0.6 is 11.6 Å². The Bertz CT molecular complexity index is 616. The number of nitrogen functional groups attached to an aromatic ring is 1. The Labute approximate surface area is 123 Å². The Hall–Kier alpha value is -1.65. The molecule has 5 heteroatoms. The summed E-state index contributed by atoms with van der Waals surface area (Å²) in [5, 5.41) is 3.61. The van der Waals surface area contributed by atoms with Crippen molar-refractivity contribution in [1.29, 1.82) is 0 Å². The minimum absolute atomic E-state index is 0.343. The van der Waals surface area contributed by atoms with Crippen LogP contribution in [-0.2, 0) is 0 Å². The maximum Gasteiger partial charge on any atom is 0.129 e. The van der Waals surface area contributed by atoms with Gasteiger partial charge in [-0.15, -0.1) is 0 Å². The lowest BCUT2D eigenvalue weighted by atomic mass is 9.97. The summed E-state index contributed by atoms with van der Waals surface area (Å²) in [6.07, 6.45) is 1.69. The second-order valence-electron chi connectivity index (χ2n) is 4.64. The van der Waals surface area contributed by atoms with Crippen molar-refractivity contribution in [2.24, 2.45) is 0 Å². The molecule has 2 rings (SSSR count). The van der Waals surface area contributed by atoms with Gasteiger partial charge in [-0.2, -0.15) is 0 Å². The van der Waals surface area contributed by atoms with Crippen LogP contribution in [0.15, 0.2) is 30.5 Å². The number of hydrogen-bond donors (Lipinski definition) is 2. The average molecular weight is 294 g/mol. The number of anilines is 1. The fourth-order valence-corrected chi connectivity index (χ4v) is 2.32. The first kappa shape index (κ1) is 14.8. The Kier molecular flexibility index (Phi) is 4.57. The van der Waals surface area contributed by atoms with Gasteiger partial charge in [-0.3, -0.25) is 0 Å². The molecule has 0 aliphatic heterocycles. The van der Waals surface area contributed by atoms with Crippen LogP contribution in [0.2, 0.25) is 5.02 Å². The molecule has 0 bridgehead atoms. The second-order valence-corrected chi connectivity index (χ2v) is 5.08. The fourth-order valence-electron chi connectivity index (χ4n) is 2.16. The first-order chi connectivity index (χ1) is 9.52. The maximum atomic E-state index is 14.2. The highest BCUT2D eigenvalue weighted by Crippen LogP contribution is 2.29. The molecule has 0 saturated heterocycles. The topological polar surface area (TPSA) is 50.9 Å². The molecule has 0 fully saturated rings. The predicted molar refractivity (Wildman–Crippen MR) is 80.3 cm³/mol. The summed E-state index contributed by atoms with van der Waals surface area (Å²) in [5.41, 5.74) is 8.20. The van der Waals surface area contributed by atoms with Crippen molar-refractivity contribution in [3.63, 3.8) is 0 Å². The highest BCUT2D eigenvalue weighted by Gasteiger charge is 2.20. The van der Waals surface area contributed by atoms with E-state index in [1.54, 1.807) is 18.3 Å². The van der Waals surface area contributed by atoms with Crippen LogP contribution in [0.1, 0.15) is 29.7 Å². The third kappa shape index (κ3) is 3.08. The molecule has 0 saturated carbocycles. The SMILES string of the molecule is CCNC(c1ccc(Cl)cc1F)c1cc(C)cnc1N. The van der Waals surface area contributed by atoms with E-state index in [1.165, 1.54) is 6.07 Å². The number of nitrogens with zero attached hydrogens (tertiary/aromatic N) is 1. The average Bonchev–Trinajstić information content (AvgIpc) is 2.40. The van der Waals surface area contributed by atoms with Crippen LogP contribution in [0.3, 0.4) is 0 Å². The summed E-state index contributed by atoms with van der Waals surface area (Å²) < 4.78 is 14.2. The number of nitrogens with one attached hydrogen (secondary N) is 1. The van der Waals surface area contributed by atoms with Crippen molar-refractivity contribution in [2.45, 2.75) is 19.9 Å². The van der Waals surface area contributed by atoms with E-state index in [4.69, 9.17) is 17.3 Å². The van der Waals surface area contributed by atoms with E-state index in [1.807, 2.05) is 19.9 Å². The van der Waals surface area contributed by atoms with Crippen molar-refractivity contribution in [3.8, 4) is 0 Å². The molecule has 0 amide bonds. The molecule has 1 heterocycles. The highest BCUT2D eigenvalue weighted by atomic mass is 35.5. The minimum atomic E-state index is -0.357. The molecular formula is C15H17ClFN3. The van der Waals surface area contributed by atoms with Gasteiger partial charge in [0.15, 0.2) is 0 Å². The number of nitrogens with two attached hydrogens (primary N) is 1. The number of halogens is 2. The lowest BCUT2D eigenvalue weighted by molar-refractivity contribution is 0.559. The van der Waals surface area contributed by atoms with E-state index in [9.17, 15) is 4.39 Å². The van der Waals surface area contributed by atoms with Crippen LogP contribution in [0.4, 0.5) is 10.2 Å². The number of hydrogen-bond acceptors (Lipinski definition) is 3. The lowest BCUT2D eigenvalue weighted by Crippen LogP contribution is -2.24. The van der Waals surface area contributed by atoms with E-state index in [2.05, 4.69) is 10.3 Å². The summed E-state index contributed by atoms with van der Waals surface area (Å²) in [6, 6.07) is 6.23. The molecule has 3 N–H and O–H groups in total. The highest BCUT2D eigenvalue weighted by molar-refractivity contribution is 6.30. The number of benzene rings is 1. The second kappa shape index (κ2) is 6.20. The van der Waals surface area contributed by atoms with Gasteiger partial charge in [0.1, 0.15) is 11.6 Å². The van der Waals surface area contributed by atoms with Crippen molar-refractivity contribution < 1.29 is 4.39 Å². The molecule has 1 aromatic heterocycles. The number of aromatic nitrogens is 1. The smallest absolute Gasteiger partial charge is 0.129 e. The molecule has 20 heavy (non-hydrogen) atoms. The van der Waals surface area contributed by atoms with E-state index in [0.29, 0.717) is 22.9 Å². The molecule has 3 nitrogen and oxygen atoms in total. The Morgan fingerprint density at radius 2 is 2.10 bits per heavy atom. The molecular weight excluding hydrogens is 277 g/mol. The van der Waals surface area contributed by atoms with Gasteiger partial charge in [0.25, 0.3) is 0 Å². The van der Waals surface area contributed by atoms with Crippen LogP contribution in [0, 0.1) is 12.7 Å². The zero-order valence-corrected chi connectivity index (χ0v) is 12.2. The summed E-state index contributed by atoms with van der Waals surface area (Å²) in [5.74, 6) is 0.0419. The van der Waals surface area contributed by atoms with Crippen molar-refractivity contribution >= 4 is 17.4 Å². The maximum absolute atomic E-state index is 14.2. The predicted octanol–water partition coefficient (Wildman–Crippen LogP) is 3.46. The molecule has 0 aliphatic carbocycles. The third-order valence-electron chi connectivity index (χ3n) is 3.08. The van der Waals surface area contributed by atoms with E-state index in [-0.39, 0.29) is 11.9 Å². The summed E-state index contributed by atoms with van der Waals surface area (Å²) in [7, 11) is 0. The first-order valence-electron chi connectivity index (χ1n) is 6.43. The zero-order valence-electron chi connectivity index (χ0n) is 11.5. The van der Waals surface area contributed by atoms with E-state index < -0.39 is 0 Å². The van der Waals surface area contributed by atoms with Gasteiger partial charge in [-0.1, -0.05) is 24.6 Å². The monoisotopic (exact) mass is 293 g/mol. The molecule has 1 unspecified atom stereocenters. The molecule has 1 aromatic carbocycles. The Morgan fingerprint density at radius 3 is 2.75 bits per heavy atom. The van der Waals surface area contributed by atoms with E-state index >= 15 is 0 Å². The van der Waals surface area contributed by atoms with Crippen molar-refractivity contribution in [1.82, 2.24) is 10.3 Å². The zero-order chi connectivity index (χ0) is 14.7. The van der Waals surface area contributed by atoms with Crippen molar-refractivity contribution in [2.75, 3.05) is 12.3 Å². The summed E-state index contributed by atoms with van der Waals surface area (Å²) in [4.78, 5) is 4.14. The fraction of sp³-hybridized carbons (Fsp3) is 0.267. The van der Waals surface area contributed by atoms with Gasteiger partial charge in [0, 0.05) is 22.3 Å². The van der Waals surface area contributed by atoms with Gasteiger partial charge in [0.2, 0.25) is 0 Å². The van der Waals surface area contributed by atoms with Crippen LogP contribution < -0.4 is 11.1 Å². The van der Waals surface area contributed by atoms with Gasteiger partial charge in [-0.05, 0) is 37.2 Å². The molecule has 0 spiro atoms. The lowest BCUT2D eigenvalue weighted by Gasteiger charge is -2.21. The van der Waals surface area contributed by atoms with Gasteiger partial charge in [-0.25, -0.2) is 9.37 Å². The molecule has 106 valence electrons. The molecule has 1 atom stereocenters. The van der Waals surface area contributed by atoms with Crippen molar-refractivity contribution in [3.05, 3.63) is 58.0 Å². The Morgan fingerprint density at radius 1 is 1.35 bits per heavy atom. The third-order valence-corrected chi connectivity index (χ3v) is 3.31. The van der Waals surface area contributed by atoms with Crippen LogP contribution in [-0.4, -0.2) is 11.5 Å². The largest absolute Gasteiger partial charge is 0.383 e. The van der Waals surface area contributed by atoms with E-state index in [0.717, 1.165) is 11.1 Å². The molecule has 0 radical (unpaired) electrons. The number of rotatable bonds is 4. The van der Waals surface area contributed by atoms with Gasteiger partial charge in [0.05, 0.1) is 6.04 Å². The minimum Gasteiger partial charge on any atom is -0.383 e. The summed E-state index contributed by atoms with van der Waals surface area (Å²) >= 11 is 5.80. The molecule has 0 aliphatic rings. The van der Waals surface area contributed by atoms with Crippen LogP contribution in [0.5, 0.6) is 0 Å². The Balaban J connectivity index is 2.53. The number of pyridine rings is 1. The van der Waals surface area contributed by atoms with Gasteiger partial charge >= 0.3 is 0 Å². The normalized spacial score (nSPS) is 12.4. The van der Waals surface area contributed by atoms with Gasteiger partial charge < -0.3 is 11.1 Å². The summed E-state index contributed by atoms with van der Waals surface area (Å²) in [6.45, 7) is 4.57. The quantitative estimate of drug-likeness (QED) is 0.907. The standard InChI is InChI=1S/C15H17ClFN3/c1-3-19-14(11-5-4-10(16)7-13(11)17)12-6-9(2)8-20-15(12)18/h4-8,14,19H,3H2,1-2H3,(H2,18,20). The number of aryl methyl sites for hydroxylation is 1.